The second-order valence-electron chi connectivity index (χ2n) is 7.09. The van der Waals surface area contributed by atoms with Crippen molar-refractivity contribution in [2.24, 2.45) is 0 Å². The number of fused-ring (bicyclic) bond motifs is 2. The van der Waals surface area contributed by atoms with Crippen LogP contribution in [0, 0.1) is 0 Å². The standard InChI is InChI=1S/C24H19N3O3/c28-22(25-18-10-3-1-4-11-18)16-26-24-20(15-17-9-7-8-14-21(17)30-24)23(29)27(26)19-12-5-2-6-13-19/h1-14H,15-16H2,(H,25,28). The van der Waals surface area contributed by atoms with Gasteiger partial charge < -0.3 is 10.1 Å². The summed E-state index contributed by atoms with van der Waals surface area (Å²) in [6, 6.07) is 26.1. The molecule has 4 aromatic rings. The SMILES string of the molecule is O=C(Cn1c2c(c(=O)n1-c1ccccc1)Cc1ccccc1O2)Nc1ccccc1. The molecule has 0 unspecified atom stereocenters. The number of hydrogen-bond donors (Lipinski definition) is 1. The molecule has 1 aliphatic rings. The number of ether oxygens (including phenoxy) is 1. The van der Waals surface area contributed by atoms with Crippen molar-refractivity contribution in [3.8, 4) is 17.3 Å². The van der Waals surface area contributed by atoms with Crippen molar-refractivity contribution in [3.05, 3.63) is 106 Å². The van der Waals surface area contributed by atoms with Crippen LogP contribution in [0.15, 0.2) is 89.7 Å². The molecule has 3 aromatic carbocycles. The maximum atomic E-state index is 13.3. The first-order valence-corrected chi connectivity index (χ1v) is 9.71. The molecule has 30 heavy (non-hydrogen) atoms. The summed E-state index contributed by atoms with van der Waals surface area (Å²) in [5.74, 6) is 0.865. The normalized spacial score (nSPS) is 11.9. The quantitative estimate of drug-likeness (QED) is 0.499. The van der Waals surface area contributed by atoms with Gasteiger partial charge in [0.1, 0.15) is 12.3 Å². The minimum atomic E-state index is -0.244. The molecule has 1 aromatic heterocycles. The predicted molar refractivity (Wildman–Crippen MR) is 114 cm³/mol. The average molecular weight is 397 g/mol. The number of amides is 1. The number of carbonyl (C=O) groups excluding carboxylic acids is 1. The van der Waals surface area contributed by atoms with Crippen LogP contribution in [0.5, 0.6) is 11.6 Å². The highest BCUT2D eigenvalue weighted by molar-refractivity contribution is 5.90. The molecular weight excluding hydrogens is 378 g/mol. The highest BCUT2D eigenvalue weighted by atomic mass is 16.5. The van der Waals surface area contributed by atoms with Crippen LogP contribution in [0.4, 0.5) is 5.69 Å². The van der Waals surface area contributed by atoms with Crippen LogP contribution in [0.1, 0.15) is 11.1 Å². The van der Waals surface area contributed by atoms with Crippen molar-refractivity contribution in [1.29, 1.82) is 0 Å². The van der Waals surface area contributed by atoms with Gasteiger partial charge in [-0.15, -0.1) is 0 Å². The van der Waals surface area contributed by atoms with E-state index in [0.717, 1.165) is 5.56 Å². The number of aromatic nitrogens is 2. The van der Waals surface area contributed by atoms with E-state index in [1.807, 2.05) is 84.9 Å². The van der Waals surface area contributed by atoms with Crippen LogP contribution in [0.2, 0.25) is 0 Å². The first-order chi connectivity index (χ1) is 14.7. The first-order valence-electron chi connectivity index (χ1n) is 9.71. The topological polar surface area (TPSA) is 65.3 Å². The van der Waals surface area contributed by atoms with Gasteiger partial charge in [0.2, 0.25) is 11.8 Å². The van der Waals surface area contributed by atoms with Gasteiger partial charge in [-0.25, -0.2) is 9.36 Å². The van der Waals surface area contributed by atoms with Gasteiger partial charge in [0.15, 0.2) is 0 Å². The second kappa shape index (κ2) is 7.40. The zero-order chi connectivity index (χ0) is 20.5. The Morgan fingerprint density at radius 2 is 1.57 bits per heavy atom. The van der Waals surface area contributed by atoms with Crippen LogP contribution in [-0.4, -0.2) is 15.3 Å². The van der Waals surface area contributed by atoms with Crippen LogP contribution >= 0.6 is 0 Å². The number of benzene rings is 3. The maximum absolute atomic E-state index is 13.3. The highest BCUT2D eigenvalue weighted by Gasteiger charge is 2.28. The zero-order valence-electron chi connectivity index (χ0n) is 16.1. The molecule has 2 heterocycles. The lowest BCUT2D eigenvalue weighted by molar-refractivity contribution is -0.117. The molecule has 0 spiro atoms. The van der Waals surface area contributed by atoms with Crippen molar-refractivity contribution >= 4 is 11.6 Å². The van der Waals surface area contributed by atoms with E-state index in [2.05, 4.69) is 5.32 Å². The summed E-state index contributed by atoms with van der Waals surface area (Å²) in [4.78, 5) is 26.1. The summed E-state index contributed by atoms with van der Waals surface area (Å²) >= 11 is 0. The minimum Gasteiger partial charge on any atom is -0.439 e. The summed E-state index contributed by atoms with van der Waals surface area (Å²) in [6.45, 7) is -0.0590. The molecule has 0 atom stereocenters. The molecule has 1 N–H and O–H groups in total. The average Bonchev–Trinajstić information content (AvgIpc) is 3.04. The van der Waals surface area contributed by atoms with E-state index in [0.29, 0.717) is 35.0 Å². The number of para-hydroxylation sites is 3. The Hall–Kier alpha value is -4.06. The van der Waals surface area contributed by atoms with Crippen molar-refractivity contribution in [2.75, 3.05) is 5.32 Å². The third-order valence-corrected chi connectivity index (χ3v) is 5.08. The monoisotopic (exact) mass is 397 g/mol. The van der Waals surface area contributed by atoms with Crippen molar-refractivity contribution < 1.29 is 9.53 Å². The van der Waals surface area contributed by atoms with Crippen LogP contribution in [0.25, 0.3) is 5.69 Å². The number of nitrogens with one attached hydrogen (secondary N) is 1. The summed E-state index contributed by atoms with van der Waals surface area (Å²) < 4.78 is 9.23. The molecule has 148 valence electrons. The molecule has 6 heteroatoms. The maximum Gasteiger partial charge on any atom is 0.278 e. The van der Waals surface area contributed by atoms with Crippen LogP contribution in [-0.2, 0) is 17.8 Å². The smallest absolute Gasteiger partial charge is 0.278 e. The summed E-state index contributed by atoms with van der Waals surface area (Å²) in [5, 5.41) is 2.87. The van der Waals surface area contributed by atoms with Gasteiger partial charge in [-0.05, 0) is 35.9 Å². The molecule has 1 aliphatic heterocycles. The number of rotatable bonds is 4. The molecule has 0 saturated heterocycles. The Morgan fingerprint density at radius 3 is 2.33 bits per heavy atom. The van der Waals surface area contributed by atoms with Gasteiger partial charge in [-0.1, -0.05) is 54.6 Å². The van der Waals surface area contributed by atoms with Crippen molar-refractivity contribution in [1.82, 2.24) is 9.36 Å². The fraction of sp³-hybridized carbons (Fsp3) is 0.0833. The van der Waals surface area contributed by atoms with E-state index in [9.17, 15) is 9.59 Å². The van der Waals surface area contributed by atoms with Gasteiger partial charge in [-0.3, -0.25) is 9.59 Å². The lowest BCUT2D eigenvalue weighted by Gasteiger charge is -2.19. The Bertz CT molecular complexity index is 1270. The molecule has 0 aliphatic carbocycles. The van der Waals surface area contributed by atoms with Gasteiger partial charge in [0, 0.05) is 12.1 Å². The van der Waals surface area contributed by atoms with Gasteiger partial charge in [0.05, 0.1) is 11.3 Å². The Morgan fingerprint density at radius 1 is 0.900 bits per heavy atom. The van der Waals surface area contributed by atoms with Crippen LogP contribution < -0.4 is 15.6 Å². The number of anilines is 1. The van der Waals surface area contributed by atoms with E-state index < -0.39 is 0 Å². The van der Waals surface area contributed by atoms with Crippen molar-refractivity contribution in [2.45, 2.75) is 13.0 Å². The Kier molecular flexibility index (Phi) is 4.44. The lowest BCUT2D eigenvalue weighted by Crippen LogP contribution is -2.27. The van der Waals surface area contributed by atoms with E-state index in [4.69, 9.17) is 4.74 Å². The molecule has 5 rings (SSSR count). The van der Waals surface area contributed by atoms with E-state index in [1.54, 1.807) is 4.68 Å². The summed E-state index contributed by atoms with van der Waals surface area (Å²) in [7, 11) is 0. The second-order valence-corrected chi connectivity index (χ2v) is 7.09. The van der Waals surface area contributed by atoms with Gasteiger partial charge in [0.25, 0.3) is 5.56 Å². The minimum absolute atomic E-state index is 0.0590. The van der Waals surface area contributed by atoms with Gasteiger partial charge in [-0.2, -0.15) is 0 Å². The highest BCUT2D eigenvalue weighted by Crippen LogP contribution is 2.35. The fourth-order valence-corrected chi connectivity index (χ4v) is 3.71. The molecule has 0 saturated carbocycles. The summed E-state index contributed by atoms with van der Waals surface area (Å²) in [5.41, 5.74) is 2.69. The Balaban J connectivity index is 1.59. The van der Waals surface area contributed by atoms with Crippen molar-refractivity contribution in [3.63, 3.8) is 0 Å². The van der Waals surface area contributed by atoms with Gasteiger partial charge >= 0.3 is 0 Å². The molecule has 0 radical (unpaired) electrons. The number of carbonyl (C=O) groups is 1. The third-order valence-electron chi connectivity index (χ3n) is 5.08. The predicted octanol–water partition coefficient (Wildman–Crippen LogP) is 3.97. The number of nitrogens with zero attached hydrogens (tertiary/aromatic N) is 2. The molecular formula is C24H19N3O3. The molecule has 0 bridgehead atoms. The molecule has 6 nitrogen and oxygen atoms in total. The van der Waals surface area contributed by atoms with Crippen LogP contribution in [0.3, 0.4) is 0 Å². The Labute approximate surface area is 172 Å². The van der Waals surface area contributed by atoms with E-state index in [1.165, 1.54) is 4.68 Å². The lowest BCUT2D eigenvalue weighted by atomic mass is 10.0. The first kappa shape index (κ1) is 18.0. The van der Waals surface area contributed by atoms with E-state index in [-0.39, 0.29) is 18.0 Å². The molecule has 0 fully saturated rings. The fourth-order valence-electron chi connectivity index (χ4n) is 3.71. The van der Waals surface area contributed by atoms with E-state index >= 15 is 0 Å². The molecule has 1 amide bonds. The third kappa shape index (κ3) is 3.18. The zero-order valence-corrected chi connectivity index (χ0v) is 16.1. The summed E-state index contributed by atoms with van der Waals surface area (Å²) in [6.07, 6.45) is 0.463. The number of hydrogen-bond acceptors (Lipinski definition) is 3. The largest absolute Gasteiger partial charge is 0.439 e.